The van der Waals surface area contributed by atoms with E-state index in [0.717, 1.165) is 38.5 Å². The van der Waals surface area contributed by atoms with Gasteiger partial charge in [-0.15, -0.1) is 0 Å². The predicted octanol–water partition coefficient (Wildman–Crippen LogP) is 4.26. The van der Waals surface area contributed by atoms with Gasteiger partial charge in [-0.3, -0.25) is 4.79 Å². The summed E-state index contributed by atoms with van der Waals surface area (Å²) in [5, 5.41) is 11.2. The SMILES string of the molecule is CC(=O)OC[C@H]1[C@H]2CC[C@@H](C)[C@]1(C)CC/C(C)=C/CC[C@@]1(C)O[C@@H]1[C@@H]2O. The molecule has 2 bridgehead atoms. The van der Waals surface area contributed by atoms with Crippen LogP contribution in [0, 0.1) is 23.2 Å². The molecule has 4 nitrogen and oxygen atoms in total. The van der Waals surface area contributed by atoms with Crippen LogP contribution in [0.25, 0.3) is 0 Å². The van der Waals surface area contributed by atoms with Gasteiger partial charge in [0, 0.05) is 12.8 Å². The molecular formula is C22H36O4. The lowest BCUT2D eigenvalue weighted by molar-refractivity contribution is -0.150. The minimum atomic E-state index is -0.475. The number of carbonyl (C=O) groups is 1. The second-order valence-electron chi connectivity index (χ2n) is 9.49. The second-order valence-corrected chi connectivity index (χ2v) is 9.49. The second kappa shape index (κ2) is 7.27. The van der Waals surface area contributed by atoms with Crippen LogP contribution in [0.15, 0.2) is 11.6 Å². The van der Waals surface area contributed by atoms with Gasteiger partial charge < -0.3 is 14.6 Å². The van der Waals surface area contributed by atoms with Crippen molar-refractivity contribution in [2.75, 3.05) is 6.61 Å². The third kappa shape index (κ3) is 3.73. The van der Waals surface area contributed by atoms with Crippen LogP contribution >= 0.6 is 0 Å². The van der Waals surface area contributed by atoms with Crippen molar-refractivity contribution in [1.82, 2.24) is 0 Å². The maximum absolute atomic E-state index is 11.5. The van der Waals surface area contributed by atoms with E-state index in [1.54, 1.807) is 0 Å². The zero-order valence-corrected chi connectivity index (χ0v) is 17.1. The number of fused-ring (bicyclic) bond motifs is 3. The molecule has 0 radical (unpaired) electrons. The number of aliphatic hydroxyl groups excluding tert-OH is 1. The summed E-state index contributed by atoms with van der Waals surface area (Å²) in [5.41, 5.74) is 1.29. The van der Waals surface area contributed by atoms with Crippen LogP contribution in [0.1, 0.15) is 73.1 Å². The molecule has 3 aliphatic rings. The van der Waals surface area contributed by atoms with Crippen LogP contribution in [0.2, 0.25) is 0 Å². The first-order chi connectivity index (χ1) is 12.2. The minimum Gasteiger partial charge on any atom is -0.466 e. The summed E-state index contributed by atoms with van der Waals surface area (Å²) in [4.78, 5) is 11.5. The smallest absolute Gasteiger partial charge is 0.302 e. The van der Waals surface area contributed by atoms with Crippen LogP contribution in [0.4, 0.5) is 0 Å². The highest BCUT2D eigenvalue weighted by Gasteiger charge is 2.60. The van der Waals surface area contributed by atoms with Gasteiger partial charge in [-0.2, -0.15) is 0 Å². The van der Waals surface area contributed by atoms with Gasteiger partial charge in [-0.25, -0.2) is 0 Å². The number of esters is 1. The fourth-order valence-electron chi connectivity index (χ4n) is 5.48. The highest BCUT2D eigenvalue weighted by atomic mass is 16.6. The molecule has 0 aromatic carbocycles. The lowest BCUT2D eigenvalue weighted by Crippen LogP contribution is -2.50. The quantitative estimate of drug-likeness (QED) is 0.452. The molecule has 1 saturated carbocycles. The lowest BCUT2D eigenvalue weighted by atomic mass is 9.54. The van der Waals surface area contributed by atoms with E-state index >= 15 is 0 Å². The first-order valence-electron chi connectivity index (χ1n) is 10.3. The maximum Gasteiger partial charge on any atom is 0.302 e. The summed E-state index contributed by atoms with van der Waals surface area (Å²) in [6.07, 6.45) is 7.99. The number of hydrogen-bond donors (Lipinski definition) is 1. The number of aliphatic hydroxyl groups is 1. The van der Waals surface area contributed by atoms with Crippen LogP contribution < -0.4 is 0 Å². The molecule has 1 saturated heterocycles. The fraction of sp³-hybridized carbons (Fsp3) is 0.864. The van der Waals surface area contributed by atoms with Gasteiger partial charge in [0.05, 0.1) is 18.3 Å². The van der Waals surface area contributed by atoms with Crippen LogP contribution in [0.3, 0.4) is 0 Å². The molecule has 2 aliphatic carbocycles. The van der Waals surface area contributed by atoms with Gasteiger partial charge in [-0.05, 0) is 69.6 Å². The Balaban J connectivity index is 1.93. The van der Waals surface area contributed by atoms with Crippen molar-refractivity contribution in [2.24, 2.45) is 23.2 Å². The Labute approximate surface area is 158 Å². The first-order valence-corrected chi connectivity index (χ1v) is 10.3. The van der Waals surface area contributed by atoms with Crippen molar-refractivity contribution < 1.29 is 19.4 Å². The Bertz CT molecular complexity index is 570. The molecule has 148 valence electrons. The molecule has 0 aromatic heterocycles. The molecular weight excluding hydrogens is 328 g/mol. The molecule has 0 amide bonds. The number of carbonyl (C=O) groups excluding carboxylic acids is 1. The highest BCUT2D eigenvalue weighted by Crippen LogP contribution is 2.55. The molecule has 26 heavy (non-hydrogen) atoms. The van der Waals surface area contributed by atoms with E-state index < -0.39 is 6.10 Å². The molecule has 7 atom stereocenters. The van der Waals surface area contributed by atoms with E-state index in [0.29, 0.717) is 12.5 Å². The van der Waals surface area contributed by atoms with Gasteiger partial charge in [0.15, 0.2) is 0 Å². The number of hydrogen-bond acceptors (Lipinski definition) is 4. The largest absolute Gasteiger partial charge is 0.466 e. The average Bonchev–Trinajstić information content (AvgIpc) is 3.24. The number of rotatable bonds is 2. The van der Waals surface area contributed by atoms with E-state index in [1.165, 1.54) is 12.5 Å². The van der Waals surface area contributed by atoms with E-state index in [1.807, 2.05) is 0 Å². The molecule has 0 unspecified atom stereocenters. The summed E-state index contributed by atoms with van der Waals surface area (Å²) in [6.45, 7) is 10.9. The van der Waals surface area contributed by atoms with Crippen molar-refractivity contribution in [3.05, 3.63) is 11.6 Å². The van der Waals surface area contributed by atoms with E-state index in [9.17, 15) is 9.90 Å². The van der Waals surface area contributed by atoms with Gasteiger partial charge in [-0.1, -0.05) is 25.5 Å². The van der Waals surface area contributed by atoms with E-state index in [2.05, 4.69) is 33.8 Å². The average molecular weight is 365 g/mol. The van der Waals surface area contributed by atoms with Crippen LogP contribution in [-0.4, -0.2) is 35.5 Å². The zero-order chi connectivity index (χ0) is 19.1. The van der Waals surface area contributed by atoms with Crippen LogP contribution in [0.5, 0.6) is 0 Å². The molecule has 1 heterocycles. The predicted molar refractivity (Wildman–Crippen MR) is 102 cm³/mol. The fourth-order valence-corrected chi connectivity index (χ4v) is 5.48. The van der Waals surface area contributed by atoms with E-state index in [4.69, 9.17) is 9.47 Å². The molecule has 1 aliphatic heterocycles. The monoisotopic (exact) mass is 364 g/mol. The van der Waals surface area contributed by atoms with Gasteiger partial charge in [0.1, 0.15) is 6.10 Å². The molecule has 0 aromatic rings. The summed E-state index contributed by atoms with van der Waals surface area (Å²) >= 11 is 0. The first kappa shape index (κ1) is 19.9. The molecule has 3 rings (SSSR count). The standard InChI is InChI=1S/C22H36O4/c1-14-7-6-11-22(5)20(26-22)19(24)17-9-8-15(2)21(4,12-10-14)18(17)13-25-16(3)23/h7,15,17-20,24H,6,8-13H2,1-5H3/b14-7+/t15-,17-,18+,19-,20-,21+,22-/m1/s1. The van der Waals surface area contributed by atoms with Crippen molar-refractivity contribution in [2.45, 2.75) is 91.0 Å². The lowest BCUT2D eigenvalue weighted by Gasteiger charge is -2.51. The Morgan fingerprint density at radius 1 is 1.35 bits per heavy atom. The topological polar surface area (TPSA) is 59.1 Å². The van der Waals surface area contributed by atoms with Gasteiger partial charge in [0.25, 0.3) is 0 Å². The Kier molecular flexibility index (Phi) is 5.56. The third-order valence-corrected chi connectivity index (χ3v) is 7.77. The van der Waals surface area contributed by atoms with Gasteiger partial charge >= 0.3 is 5.97 Å². The van der Waals surface area contributed by atoms with Crippen molar-refractivity contribution in [3.8, 4) is 0 Å². The maximum atomic E-state index is 11.5. The molecule has 1 N–H and O–H groups in total. The third-order valence-electron chi connectivity index (χ3n) is 7.77. The molecule has 2 fully saturated rings. The number of allylic oxidation sites excluding steroid dienone is 2. The highest BCUT2D eigenvalue weighted by molar-refractivity contribution is 5.65. The minimum absolute atomic E-state index is 0.0545. The Morgan fingerprint density at radius 3 is 2.77 bits per heavy atom. The summed E-state index contributed by atoms with van der Waals surface area (Å²) in [6, 6.07) is 0. The number of epoxide rings is 1. The van der Waals surface area contributed by atoms with Crippen molar-refractivity contribution in [3.63, 3.8) is 0 Å². The van der Waals surface area contributed by atoms with Crippen molar-refractivity contribution in [1.29, 1.82) is 0 Å². The van der Waals surface area contributed by atoms with Crippen molar-refractivity contribution >= 4 is 5.97 Å². The summed E-state index contributed by atoms with van der Waals surface area (Å²) in [5.74, 6) is 0.620. The van der Waals surface area contributed by atoms with Gasteiger partial charge in [0.2, 0.25) is 0 Å². The van der Waals surface area contributed by atoms with Crippen LogP contribution in [-0.2, 0) is 14.3 Å². The zero-order valence-electron chi connectivity index (χ0n) is 17.1. The summed E-state index contributed by atoms with van der Waals surface area (Å²) in [7, 11) is 0. The molecule has 0 spiro atoms. The number of ether oxygens (including phenoxy) is 2. The molecule has 4 heteroatoms. The van der Waals surface area contributed by atoms with E-state index in [-0.39, 0.29) is 34.9 Å². The summed E-state index contributed by atoms with van der Waals surface area (Å²) < 4.78 is 11.5. The normalized spacial score (nSPS) is 48.2. The Hall–Kier alpha value is -0.870. The Morgan fingerprint density at radius 2 is 2.08 bits per heavy atom.